The van der Waals surface area contributed by atoms with Gasteiger partial charge < -0.3 is 20.5 Å². The van der Waals surface area contributed by atoms with Crippen molar-refractivity contribution in [1.82, 2.24) is 10.6 Å². The van der Waals surface area contributed by atoms with Crippen molar-refractivity contribution in [3.63, 3.8) is 0 Å². The van der Waals surface area contributed by atoms with Crippen LogP contribution < -0.4 is 15.4 Å². The minimum Gasteiger partial charge on any atom is -0.494 e. The topological polar surface area (TPSA) is 70.6 Å². The molecule has 0 radical (unpaired) electrons. The first-order valence-corrected chi connectivity index (χ1v) is 7.57. The van der Waals surface area contributed by atoms with Crippen LogP contribution in [0.5, 0.6) is 5.75 Å². The molecule has 1 aliphatic heterocycles. The van der Waals surface area contributed by atoms with E-state index in [1.807, 2.05) is 31.2 Å². The molecular formula is C16H25ClN2O3. The summed E-state index contributed by atoms with van der Waals surface area (Å²) in [5, 5.41) is 15.7. The Hall–Kier alpha value is -1.30. The van der Waals surface area contributed by atoms with E-state index in [1.54, 1.807) is 0 Å². The molecule has 0 saturated carbocycles. The van der Waals surface area contributed by atoms with Gasteiger partial charge in [0.05, 0.1) is 12.7 Å². The van der Waals surface area contributed by atoms with E-state index in [1.165, 1.54) is 0 Å². The monoisotopic (exact) mass is 328 g/mol. The largest absolute Gasteiger partial charge is 0.494 e. The van der Waals surface area contributed by atoms with Crippen molar-refractivity contribution in [2.75, 3.05) is 26.2 Å². The second-order valence-corrected chi connectivity index (χ2v) is 5.33. The summed E-state index contributed by atoms with van der Waals surface area (Å²) in [6.45, 7) is 4.47. The van der Waals surface area contributed by atoms with Gasteiger partial charge in [0.2, 0.25) is 5.91 Å². The van der Waals surface area contributed by atoms with Gasteiger partial charge in [-0.2, -0.15) is 0 Å². The molecule has 6 heteroatoms. The number of hydrogen-bond donors (Lipinski definition) is 3. The van der Waals surface area contributed by atoms with Crippen molar-refractivity contribution >= 4 is 18.3 Å². The third-order valence-corrected chi connectivity index (χ3v) is 3.76. The lowest BCUT2D eigenvalue weighted by molar-refractivity contribution is -0.121. The first-order valence-electron chi connectivity index (χ1n) is 7.57. The number of aliphatic hydroxyl groups excluding tert-OH is 1. The number of nitrogens with one attached hydrogen (secondary N) is 2. The molecule has 1 aromatic rings. The number of carbonyl (C=O) groups is 1. The Morgan fingerprint density at radius 2 is 2.18 bits per heavy atom. The first-order chi connectivity index (χ1) is 10.2. The minimum absolute atomic E-state index is 0. The molecule has 2 atom stereocenters. The lowest BCUT2D eigenvalue weighted by Crippen LogP contribution is -2.34. The van der Waals surface area contributed by atoms with E-state index in [2.05, 4.69) is 10.6 Å². The molecule has 1 aliphatic rings. The molecule has 1 saturated heterocycles. The van der Waals surface area contributed by atoms with Gasteiger partial charge >= 0.3 is 0 Å². The van der Waals surface area contributed by atoms with E-state index >= 15 is 0 Å². The Kier molecular flexibility index (Phi) is 8.24. The van der Waals surface area contributed by atoms with Crippen molar-refractivity contribution in [2.45, 2.75) is 25.9 Å². The maximum atomic E-state index is 11.9. The van der Waals surface area contributed by atoms with Gasteiger partial charge in [-0.05, 0) is 25.0 Å². The standard InChI is InChI=1S/C16H24N2O3.ClH/c1-2-21-15-6-4-3-5-12(15)7-8-16(20)18-10-13-9-17-11-14(13)19;/h3-6,13-14,17,19H,2,7-11H2,1H3,(H,18,20);1H. The number of rotatable bonds is 7. The summed E-state index contributed by atoms with van der Waals surface area (Å²) < 4.78 is 5.55. The fourth-order valence-corrected chi connectivity index (χ4v) is 2.52. The smallest absolute Gasteiger partial charge is 0.220 e. The van der Waals surface area contributed by atoms with E-state index in [0.717, 1.165) is 17.9 Å². The lowest BCUT2D eigenvalue weighted by Gasteiger charge is -2.14. The normalized spacial score (nSPS) is 20.3. The summed E-state index contributed by atoms with van der Waals surface area (Å²) >= 11 is 0. The average molecular weight is 329 g/mol. The minimum atomic E-state index is -0.357. The maximum Gasteiger partial charge on any atom is 0.220 e. The lowest BCUT2D eigenvalue weighted by atomic mass is 10.1. The van der Waals surface area contributed by atoms with E-state index in [-0.39, 0.29) is 30.3 Å². The van der Waals surface area contributed by atoms with Crippen LogP contribution >= 0.6 is 12.4 Å². The van der Waals surface area contributed by atoms with Crippen molar-refractivity contribution in [2.24, 2.45) is 5.92 Å². The molecule has 1 aromatic carbocycles. The zero-order valence-corrected chi connectivity index (χ0v) is 13.7. The zero-order chi connectivity index (χ0) is 15.1. The van der Waals surface area contributed by atoms with Crippen LogP contribution in [0.25, 0.3) is 0 Å². The van der Waals surface area contributed by atoms with Gasteiger partial charge in [0.15, 0.2) is 0 Å². The Balaban J connectivity index is 0.00000242. The SMILES string of the molecule is CCOc1ccccc1CCC(=O)NCC1CNCC1O.Cl. The summed E-state index contributed by atoms with van der Waals surface area (Å²) in [6, 6.07) is 7.81. The molecule has 1 heterocycles. The second kappa shape index (κ2) is 9.66. The van der Waals surface area contributed by atoms with Crippen LogP contribution in [0.3, 0.4) is 0 Å². The quantitative estimate of drug-likeness (QED) is 0.702. The van der Waals surface area contributed by atoms with Gasteiger partial charge in [-0.15, -0.1) is 12.4 Å². The number of para-hydroxylation sites is 1. The Bertz CT molecular complexity index is 470. The van der Waals surface area contributed by atoms with Crippen LogP contribution in [0.2, 0.25) is 0 Å². The predicted octanol–water partition coefficient (Wildman–Crippen LogP) is 1.14. The second-order valence-electron chi connectivity index (χ2n) is 5.33. The van der Waals surface area contributed by atoms with Gasteiger partial charge in [-0.1, -0.05) is 18.2 Å². The molecule has 22 heavy (non-hydrogen) atoms. The van der Waals surface area contributed by atoms with Gasteiger partial charge in [0.1, 0.15) is 5.75 Å². The summed E-state index contributed by atoms with van der Waals surface area (Å²) in [4.78, 5) is 11.9. The van der Waals surface area contributed by atoms with E-state index in [9.17, 15) is 9.90 Å². The van der Waals surface area contributed by atoms with Gasteiger partial charge in [-0.3, -0.25) is 4.79 Å². The number of carbonyl (C=O) groups excluding carboxylic acids is 1. The zero-order valence-electron chi connectivity index (χ0n) is 12.9. The number of amides is 1. The van der Waals surface area contributed by atoms with Gasteiger partial charge in [0.25, 0.3) is 0 Å². The Morgan fingerprint density at radius 1 is 1.41 bits per heavy atom. The number of hydrogen-bond acceptors (Lipinski definition) is 4. The number of aliphatic hydroxyl groups is 1. The number of ether oxygens (including phenoxy) is 1. The fraction of sp³-hybridized carbons (Fsp3) is 0.562. The highest BCUT2D eigenvalue weighted by Crippen LogP contribution is 2.19. The number of halogens is 1. The maximum absolute atomic E-state index is 11.9. The molecule has 0 bridgehead atoms. The summed E-state index contributed by atoms with van der Waals surface area (Å²) in [5.41, 5.74) is 1.05. The van der Waals surface area contributed by atoms with Crippen molar-refractivity contribution in [3.8, 4) is 5.75 Å². The van der Waals surface area contributed by atoms with Crippen LogP contribution in [0.4, 0.5) is 0 Å². The van der Waals surface area contributed by atoms with E-state index < -0.39 is 0 Å². The highest BCUT2D eigenvalue weighted by atomic mass is 35.5. The highest BCUT2D eigenvalue weighted by Gasteiger charge is 2.24. The molecule has 2 unspecified atom stereocenters. The summed E-state index contributed by atoms with van der Waals surface area (Å²) in [6.07, 6.45) is 0.734. The number of β-amino-alcohol motifs (C(OH)–C–C–N with tert-alkyl or cyclic N) is 1. The van der Waals surface area contributed by atoms with Crippen molar-refractivity contribution < 1.29 is 14.6 Å². The number of aryl methyl sites for hydroxylation is 1. The molecule has 0 spiro atoms. The van der Waals surface area contributed by atoms with Crippen LogP contribution in [-0.2, 0) is 11.2 Å². The van der Waals surface area contributed by atoms with Crippen LogP contribution in [0, 0.1) is 5.92 Å². The van der Waals surface area contributed by atoms with E-state index in [0.29, 0.717) is 32.5 Å². The molecule has 2 rings (SSSR count). The van der Waals surface area contributed by atoms with Crippen molar-refractivity contribution in [3.05, 3.63) is 29.8 Å². The molecule has 0 aromatic heterocycles. The van der Waals surface area contributed by atoms with Crippen molar-refractivity contribution in [1.29, 1.82) is 0 Å². The molecule has 124 valence electrons. The third-order valence-electron chi connectivity index (χ3n) is 3.76. The fourth-order valence-electron chi connectivity index (χ4n) is 2.52. The third kappa shape index (κ3) is 5.48. The number of benzene rings is 1. The van der Waals surface area contributed by atoms with Crippen LogP contribution in [0.1, 0.15) is 18.9 Å². The van der Waals surface area contributed by atoms with Crippen LogP contribution in [-0.4, -0.2) is 43.4 Å². The van der Waals surface area contributed by atoms with Gasteiger partial charge in [-0.25, -0.2) is 0 Å². The molecule has 5 nitrogen and oxygen atoms in total. The Labute approximate surface area is 137 Å². The molecule has 3 N–H and O–H groups in total. The molecule has 1 fully saturated rings. The molecule has 1 amide bonds. The van der Waals surface area contributed by atoms with Gasteiger partial charge in [0, 0.05) is 32.0 Å². The average Bonchev–Trinajstić information content (AvgIpc) is 2.90. The molecular weight excluding hydrogens is 304 g/mol. The molecule has 0 aliphatic carbocycles. The van der Waals surface area contributed by atoms with Crippen LogP contribution in [0.15, 0.2) is 24.3 Å². The Morgan fingerprint density at radius 3 is 2.86 bits per heavy atom. The first kappa shape index (κ1) is 18.7. The predicted molar refractivity (Wildman–Crippen MR) is 88.6 cm³/mol. The summed E-state index contributed by atoms with van der Waals surface area (Å²) in [5.74, 6) is 0.980. The van der Waals surface area contributed by atoms with E-state index in [4.69, 9.17) is 4.74 Å². The summed E-state index contributed by atoms with van der Waals surface area (Å²) in [7, 11) is 0. The highest BCUT2D eigenvalue weighted by molar-refractivity contribution is 5.85.